The summed E-state index contributed by atoms with van der Waals surface area (Å²) >= 11 is 0. The molecule has 0 radical (unpaired) electrons. The zero-order valence-corrected chi connectivity index (χ0v) is 15.0. The van der Waals surface area contributed by atoms with E-state index < -0.39 is 11.9 Å². The molecule has 0 heterocycles. The van der Waals surface area contributed by atoms with Gasteiger partial charge in [0.05, 0.1) is 21.3 Å². The number of hydrogen-bond donors (Lipinski definition) is 3. The van der Waals surface area contributed by atoms with Crippen LogP contribution in [-0.2, 0) is 4.79 Å². The van der Waals surface area contributed by atoms with Crippen molar-refractivity contribution in [3.63, 3.8) is 0 Å². The van der Waals surface area contributed by atoms with Gasteiger partial charge in [0, 0.05) is 5.56 Å². The molecule has 0 aliphatic heterocycles. The number of carboxylic acid groups (broad SMARTS) is 1. The molecule has 0 saturated carbocycles. The van der Waals surface area contributed by atoms with Gasteiger partial charge in [-0.1, -0.05) is 12.1 Å². The van der Waals surface area contributed by atoms with E-state index in [2.05, 4.69) is 5.32 Å². The average Bonchev–Trinajstić information content (AvgIpc) is 2.67. The molecule has 8 heteroatoms. The molecule has 0 saturated heterocycles. The Hall–Kier alpha value is -3.68. The molecular weight excluding hydrogens is 354 g/mol. The largest absolute Gasteiger partial charge is 0.508 e. The quantitative estimate of drug-likeness (QED) is 0.638. The van der Waals surface area contributed by atoms with Crippen LogP contribution in [0.1, 0.15) is 15.9 Å². The lowest BCUT2D eigenvalue weighted by atomic mass is 10.1. The fourth-order valence-corrected chi connectivity index (χ4v) is 2.30. The summed E-state index contributed by atoms with van der Waals surface area (Å²) in [6.45, 7) is 0. The number of methoxy groups -OCH3 is 3. The van der Waals surface area contributed by atoms with Gasteiger partial charge in [0.25, 0.3) is 5.91 Å². The molecule has 0 aromatic heterocycles. The summed E-state index contributed by atoms with van der Waals surface area (Å²) < 4.78 is 15.6. The summed E-state index contributed by atoms with van der Waals surface area (Å²) in [5.74, 6) is -1.09. The van der Waals surface area contributed by atoms with Crippen LogP contribution in [0.3, 0.4) is 0 Å². The number of phenols is 1. The number of nitrogens with one attached hydrogen (secondary N) is 1. The van der Waals surface area contributed by atoms with Crippen LogP contribution in [0.4, 0.5) is 0 Å². The van der Waals surface area contributed by atoms with Crippen LogP contribution in [0.25, 0.3) is 6.08 Å². The smallest absolute Gasteiger partial charge is 0.352 e. The van der Waals surface area contributed by atoms with E-state index in [1.165, 1.54) is 63.8 Å². The summed E-state index contributed by atoms with van der Waals surface area (Å²) in [7, 11) is 4.25. The molecule has 2 rings (SSSR count). The van der Waals surface area contributed by atoms with E-state index >= 15 is 0 Å². The zero-order chi connectivity index (χ0) is 20.0. The van der Waals surface area contributed by atoms with Crippen LogP contribution < -0.4 is 19.5 Å². The van der Waals surface area contributed by atoms with Crippen LogP contribution in [0.5, 0.6) is 23.0 Å². The van der Waals surface area contributed by atoms with Crippen LogP contribution in [0, 0.1) is 0 Å². The fraction of sp³-hybridized carbons (Fsp3) is 0.158. The van der Waals surface area contributed by atoms with Crippen molar-refractivity contribution in [1.82, 2.24) is 5.32 Å². The van der Waals surface area contributed by atoms with E-state index in [0.29, 0.717) is 11.3 Å². The van der Waals surface area contributed by atoms with E-state index in [1.807, 2.05) is 0 Å². The predicted octanol–water partition coefficient (Wildman–Crippen LogP) is 2.27. The molecule has 0 spiro atoms. The van der Waals surface area contributed by atoms with Gasteiger partial charge in [0.2, 0.25) is 5.75 Å². The van der Waals surface area contributed by atoms with E-state index in [0.717, 1.165) is 0 Å². The first kappa shape index (κ1) is 19.6. The lowest BCUT2D eigenvalue weighted by Gasteiger charge is -2.14. The monoisotopic (exact) mass is 373 g/mol. The summed E-state index contributed by atoms with van der Waals surface area (Å²) in [6.07, 6.45) is 1.28. The fourth-order valence-electron chi connectivity index (χ4n) is 2.30. The SMILES string of the molecule is COc1cc(C(=O)NC(=Cc2ccc(O)cc2)C(=O)O)cc(OC)c1OC. The maximum Gasteiger partial charge on any atom is 0.352 e. The van der Waals surface area contributed by atoms with Crippen molar-refractivity contribution in [2.75, 3.05) is 21.3 Å². The Morgan fingerprint density at radius 3 is 1.96 bits per heavy atom. The molecule has 0 unspecified atom stereocenters. The summed E-state index contributed by atoms with van der Waals surface area (Å²) in [6, 6.07) is 8.68. The first-order chi connectivity index (χ1) is 12.9. The number of carboxylic acids is 1. The second kappa shape index (κ2) is 8.61. The van der Waals surface area contributed by atoms with Crippen molar-refractivity contribution in [2.45, 2.75) is 0 Å². The van der Waals surface area contributed by atoms with Crippen molar-refractivity contribution < 1.29 is 34.0 Å². The van der Waals surface area contributed by atoms with E-state index in [-0.39, 0.29) is 28.5 Å². The molecule has 1 amide bonds. The minimum Gasteiger partial charge on any atom is -0.508 e. The van der Waals surface area contributed by atoms with Crippen molar-refractivity contribution in [3.05, 3.63) is 53.2 Å². The highest BCUT2D eigenvalue weighted by Gasteiger charge is 2.19. The number of phenolic OH excluding ortho intramolecular Hbond substituents is 1. The minimum absolute atomic E-state index is 0.0467. The molecule has 0 fully saturated rings. The lowest BCUT2D eigenvalue weighted by molar-refractivity contribution is -0.132. The van der Waals surface area contributed by atoms with Gasteiger partial charge >= 0.3 is 5.97 Å². The average molecular weight is 373 g/mol. The number of hydrogen-bond acceptors (Lipinski definition) is 6. The standard InChI is InChI=1S/C19H19NO7/c1-25-15-9-12(10-16(26-2)17(15)27-3)18(22)20-14(19(23)24)8-11-4-6-13(21)7-5-11/h4-10,21H,1-3H3,(H,20,22)(H,23,24). The van der Waals surface area contributed by atoms with Gasteiger partial charge < -0.3 is 29.7 Å². The second-order valence-electron chi connectivity index (χ2n) is 5.32. The molecule has 2 aromatic rings. The number of amides is 1. The topological polar surface area (TPSA) is 114 Å². The lowest BCUT2D eigenvalue weighted by Crippen LogP contribution is -2.27. The molecule has 0 aliphatic rings. The number of ether oxygens (including phenoxy) is 3. The van der Waals surface area contributed by atoms with Crippen molar-refractivity contribution in [2.24, 2.45) is 0 Å². The van der Waals surface area contributed by atoms with Gasteiger partial charge in [-0.05, 0) is 35.9 Å². The zero-order valence-electron chi connectivity index (χ0n) is 15.0. The maximum atomic E-state index is 12.5. The van der Waals surface area contributed by atoms with Crippen molar-refractivity contribution in [1.29, 1.82) is 0 Å². The Kier molecular flexibility index (Phi) is 6.27. The number of aliphatic carboxylic acids is 1. The molecule has 8 nitrogen and oxygen atoms in total. The Bertz CT molecular complexity index is 847. The van der Waals surface area contributed by atoms with Crippen LogP contribution >= 0.6 is 0 Å². The third-order valence-electron chi connectivity index (χ3n) is 3.61. The van der Waals surface area contributed by atoms with Gasteiger partial charge in [-0.15, -0.1) is 0 Å². The minimum atomic E-state index is -1.32. The number of carbonyl (C=O) groups is 2. The number of carbonyl (C=O) groups excluding carboxylic acids is 1. The molecule has 0 atom stereocenters. The number of aromatic hydroxyl groups is 1. The normalized spacial score (nSPS) is 10.9. The summed E-state index contributed by atoms with van der Waals surface area (Å²) in [5.41, 5.74) is 0.289. The summed E-state index contributed by atoms with van der Waals surface area (Å²) in [4.78, 5) is 24.0. The third-order valence-corrected chi connectivity index (χ3v) is 3.61. The van der Waals surface area contributed by atoms with Gasteiger partial charge in [-0.25, -0.2) is 4.79 Å². The highest BCUT2D eigenvalue weighted by atomic mass is 16.5. The Labute approximate surface area is 155 Å². The van der Waals surface area contributed by atoms with Gasteiger partial charge in [0.1, 0.15) is 11.4 Å². The predicted molar refractivity (Wildman–Crippen MR) is 97.3 cm³/mol. The van der Waals surface area contributed by atoms with Crippen molar-refractivity contribution in [3.8, 4) is 23.0 Å². The number of benzene rings is 2. The van der Waals surface area contributed by atoms with Gasteiger partial charge in [0.15, 0.2) is 11.5 Å². The van der Waals surface area contributed by atoms with E-state index in [1.54, 1.807) is 0 Å². The third kappa shape index (κ3) is 4.69. The van der Waals surface area contributed by atoms with Gasteiger partial charge in [-0.3, -0.25) is 4.79 Å². The summed E-state index contributed by atoms with van der Waals surface area (Å²) in [5, 5.41) is 21.0. The first-order valence-corrected chi connectivity index (χ1v) is 7.75. The van der Waals surface area contributed by atoms with Crippen LogP contribution in [0.2, 0.25) is 0 Å². The maximum absolute atomic E-state index is 12.5. The van der Waals surface area contributed by atoms with Crippen LogP contribution in [-0.4, -0.2) is 43.4 Å². The molecule has 3 N–H and O–H groups in total. The van der Waals surface area contributed by atoms with Gasteiger partial charge in [-0.2, -0.15) is 0 Å². The molecular formula is C19H19NO7. The highest BCUT2D eigenvalue weighted by molar-refractivity contribution is 6.03. The Morgan fingerprint density at radius 2 is 1.52 bits per heavy atom. The molecule has 0 aliphatic carbocycles. The molecule has 27 heavy (non-hydrogen) atoms. The Morgan fingerprint density at radius 1 is 0.963 bits per heavy atom. The van der Waals surface area contributed by atoms with E-state index in [4.69, 9.17) is 14.2 Å². The second-order valence-corrected chi connectivity index (χ2v) is 5.32. The Balaban J connectivity index is 2.35. The molecule has 142 valence electrons. The van der Waals surface area contributed by atoms with Crippen LogP contribution in [0.15, 0.2) is 42.1 Å². The molecule has 2 aromatic carbocycles. The highest BCUT2D eigenvalue weighted by Crippen LogP contribution is 2.38. The van der Waals surface area contributed by atoms with E-state index in [9.17, 15) is 19.8 Å². The number of rotatable bonds is 7. The van der Waals surface area contributed by atoms with Crippen molar-refractivity contribution >= 4 is 18.0 Å². The molecule has 0 bridgehead atoms. The first-order valence-electron chi connectivity index (χ1n) is 7.75.